The first-order chi connectivity index (χ1) is 13.5. The summed E-state index contributed by atoms with van der Waals surface area (Å²) in [5, 5.41) is 2.69. The molecule has 0 unspecified atom stereocenters. The average Bonchev–Trinajstić information content (AvgIpc) is 3.37. The van der Waals surface area contributed by atoms with E-state index >= 15 is 0 Å². The van der Waals surface area contributed by atoms with Crippen LogP contribution in [0.15, 0.2) is 60.7 Å². The Bertz CT molecular complexity index is 1000. The maximum atomic E-state index is 13.0. The third kappa shape index (κ3) is 2.48. The van der Waals surface area contributed by atoms with Crippen LogP contribution in [0, 0.1) is 29.5 Å². The zero-order valence-corrected chi connectivity index (χ0v) is 14.8. The number of allylic oxidation sites excluding steroid dienone is 2. The Balaban J connectivity index is 1.40. The molecule has 1 aliphatic heterocycles. The van der Waals surface area contributed by atoms with Gasteiger partial charge in [-0.2, -0.15) is 0 Å². The van der Waals surface area contributed by atoms with E-state index < -0.39 is 5.91 Å². The second-order valence-electron chi connectivity index (χ2n) is 7.52. The van der Waals surface area contributed by atoms with E-state index in [0.717, 1.165) is 6.42 Å². The largest absolute Gasteiger partial charge is 0.322 e. The smallest absolute Gasteiger partial charge is 0.255 e. The monoisotopic (exact) mass is 376 g/mol. The number of imide groups is 1. The first-order valence-corrected chi connectivity index (χ1v) is 9.26. The first kappa shape index (κ1) is 16.9. The summed E-state index contributed by atoms with van der Waals surface area (Å²) in [6, 6.07) is 11.9. The molecule has 2 aliphatic carbocycles. The van der Waals surface area contributed by atoms with Gasteiger partial charge in [-0.3, -0.25) is 14.4 Å². The van der Waals surface area contributed by atoms with Crippen LogP contribution in [0.3, 0.4) is 0 Å². The molecule has 4 atom stereocenters. The number of carbonyl (C=O) groups is 3. The zero-order valence-electron chi connectivity index (χ0n) is 14.8. The Kier molecular flexibility index (Phi) is 3.69. The van der Waals surface area contributed by atoms with Crippen LogP contribution in [-0.2, 0) is 9.59 Å². The van der Waals surface area contributed by atoms with Crippen molar-refractivity contribution in [3.63, 3.8) is 0 Å². The minimum absolute atomic E-state index is 0.140. The second kappa shape index (κ2) is 6.12. The van der Waals surface area contributed by atoms with Crippen molar-refractivity contribution in [2.75, 3.05) is 10.2 Å². The van der Waals surface area contributed by atoms with Crippen molar-refractivity contribution >= 4 is 29.1 Å². The fourth-order valence-corrected chi connectivity index (χ4v) is 4.68. The Morgan fingerprint density at radius 2 is 1.61 bits per heavy atom. The molecule has 3 amide bonds. The highest BCUT2D eigenvalue weighted by Gasteiger charge is 2.59. The minimum Gasteiger partial charge on any atom is -0.322 e. The summed E-state index contributed by atoms with van der Waals surface area (Å²) in [6.07, 6.45) is 4.97. The summed E-state index contributed by atoms with van der Waals surface area (Å²) >= 11 is 0. The molecule has 2 aromatic rings. The molecular weight excluding hydrogens is 359 g/mol. The third-order valence-corrected chi connectivity index (χ3v) is 5.94. The Labute approximate surface area is 160 Å². The van der Waals surface area contributed by atoms with E-state index in [-0.39, 0.29) is 41.3 Å². The third-order valence-electron chi connectivity index (χ3n) is 5.94. The van der Waals surface area contributed by atoms with Gasteiger partial charge in [0.2, 0.25) is 11.8 Å². The topological polar surface area (TPSA) is 66.5 Å². The summed E-state index contributed by atoms with van der Waals surface area (Å²) in [5.74, 6) is -1.42. The molecule has 2 bridgehead atoms. The van der Waals surface area contributed by atoms with Crippen LogP contribution >= 0.6 is 0 Å². The molecule has 1 heterocycles. The maximum absolute atomic E-state index is 13.0. The van der Waals surface area contributed by atoms with Gasteiger partial charge < -0.3 is 5.32 Å². The molecule has 2 aromatic carbocycles. The molecule has 0 radical (unpaired) electrons. The van der Waals surface area contributed by atoms with Crippen LogP contribution < -0.4 is 10.2 Å². The Morgan fingerprint density at radius 1 is 0.964 bits per heavy atom. The molecule has 2 fully saturated rings. The van der Waals surface area contributed by atoms with Gasteiger partial charge in [0.15, 0.2) is 0 Å². The number of hydrogen-bond donors (Lipinski definition) is 1. The highest BCUT2D eigenvalue weighted by Crippen LogP contribution is 2.53. The van der Waals surface area contributed by atoms with Crippen LogP contribution in [0.5, 0.6) is 0 Å². The number of anilines is 2. The molecule has 28 heavy (non-hydrogen) atoms. The molecule has 1 saturated heterocycles. The molecule has 140 valence electrons. The summed E-state index contributed by atoms with van der Waals surface area (Å²) in [5.41, 5.74) is 1.19. The van der Waals surface area contributed by atoms with Crippen molar-refractivity contribution < 1.29 is 18.8 Å². The van der Waals surface area contributed by atoms with Crippen LogP contribution in [0.2, 0.25) is 0 Å². The number of rotatable bonds is 3. The fraction of sp³-hybridized carbons (Fsp3) is 0.227. The van der Waals surface area contributed by atoms with Crippen molar-refractivity contribution in [1.29, 1.82) is 0 Å². The number of nitrogens with one attached hydrogen (secondary N) is 1. The molecule has 3 aliphatic rings. The van der Waals surface area contributed by atoms with Crippen molar-refractivity contribution in [3.8, 4) is 0 Å². The van der Waals surface area contributed by atoms with Gasteiger partial charge in [0, 0.05) is 11.3 Å². The summed E-state index contributed by atoms with van der Waals surface area (Å²) < 4.78 is 13.0. The van der Waals surface area contributed by atoms with Crippen molar-refractivity contribution in [2.45, 2.75) is 6.42 Å². The molecule has 0 spiro atoms. The lowest BCUT2D eigenvalue weighted by molar-refractivity contribution is -0.123. The van der Waals surface area contributed by atoms with E-state index in [4.69, 9.17) is 0 Å². The van der Waals surface area contributed by atoms with E-state index in [1.54, 1.807) is 24.3 Å². The summed E-state index contributed by atoms with van der Waals surface area (Å²) in [6.45, 7) is 0. The number of hydrogen-bond acceptors (Lipinski definition) is 3. The van der Waals surface area contributed by atoms with Gasteiger partial charge in [-0.25, -0.2) is 9.29 Å². The predicted molar refractivity (Wildman–Crippen MR) is 101 cm³/mol. The normalized spacial score (nSPS) is 27.4. The lowest BCUT2D eigenvalue weighted by atomic mass is 9.85. The molecule has 6 heteroatoms. The number of nitrogens with zero attached hydrogens (tertiary/aromatic N) is 1. The van der Waals surface area contributed by atoms with E-state index in [1.807, 2.05) is 12.2 Å². The Hall–Kier alpha value is -3.28. The van der Waals surface area contributed by atoms with E-state index in [1.165, 1.54) is 29.2 Å². The minimum atomic E-state index is -0.394. The van der Waals surface area contributed by atoms with E-state index in [2.05, 4.69) is 5.32 Å². The fourth-order valence-electron chi connectivity index (χ4n) is 4.68. The number of halogens is 1. The molecule has 1 saturated carbocycles. The van der Waals surface area contributed by atoms with Gasteiger partial charge in [0.25, 0.3) is 5.91 Å². The van der Waals surface area contributed by atoms with Gasteiger partial charge in [-0.1, -0.05) is 18.2 Å². The van der Waals surface area contributed by atoms with Gasteiger partial charge in [0.05, 0.1) is 17.5 Å². The number of benzene rings is 2. The molecule has 5 nitrogen and oxygen atoms in total. The molecule has 0 aromatic heterocycles. The van der Waals surface area contributed by atoms with Gasteiger partial charge >= 0.3 is 0 Å². The van der Waals surface area contributed by atoms with Crippen LogP contribution in [-0.4, -0.2) is 17.7 Å². The highest BCUT2D eigenvalue weighted by molar-refractivity contribution is 6.23. The predicted octanol–water partition coefficient (Wildman–Crippen LogP) is 3.39. The van der Waals surface area contributed by atoms with Crippen LogP contribution in [0.25, 0.3) is 0 Å². The SMILES string of the molecule is O=C(Nc1ccc(F)cc1)c1cccc(N2C(=O)[C@@H]3[C@H](C2=O)[C@@H]2C=C[C@H]3C2)c1. The van der Waals surface area contributed by atoms with Crippen LogP contribution in [0.4, 0.5) is 15.8 Å². The number of amides is 3. The van der Waals surface area contributed by atoms with Crippen molar-refractivity contribution in [2.24, 2.45) is 23.7 Å². The first-order valence-electron chi connectivity index (χ1n) is 9.26. The number of fused-ring (bicyclic) bond motifs is 5. The van der Waals surface area contributed by atoms with Gasteiger partial charge in [-0.15, -0.1) is 0 Å². The zero-order chi connectivity index (χ0) is 19.4. The van der Waals surface area contributed by atoms with Gasteiger partial charge in [0.1, 0.15) is 5.82 Å². The van der Waals surface area contributed by atoms with Crippen molar-refractivity contribution in [3.05, 3.63) is 72.1 Å². The second-order valence-corrected chi connectivity index (χ2v) is 7.52. The quantitative estimate of drug-likeness (QED) is 0.660. The molecule has 1 N–H and O–H groups in total. The standard InChI is InChI=1S/C22H17FN2O3/c23-15-6-8-16(9-7-15)24-20(26)14-2-1-3-17(11-14)25-21(27)18-12-4-5-13(10-12)19(18)22(25)28/h1-9,11-13,18-19H,10H2,(H,24,26)/t12-,13+,18-,19+. The summed E-state index contributed by atoms with van der Waals surface area (Å²) in [4.78, 5) is 39.6. The molecule has 5 rings (SSSR count). The lowest BCUT2D eigenvalue weighted by Crippen LogP contribution is -2.33. The lowest BCUT2D eigenvalue weighted by Gasteiger charge is -2.18. The van der Waals surface area contributed by atoms with Crippen LogP contribution in [0.1, 0.15) is 16.8 Å². The van der Waals surface area contributed by atoms with E-state index in [0.29, 0.717) is 16.9 Å². The number of carbonyl (C=O) groups excluding carboxylic acids is 3. The molecular formula is C22H17FN2O3. The maximum Gasteiger partial charge on any atom is 0.255 e. The average molecular weight is 376 g/mol. The van der Waals surface area contributed by atoms with E-state index in [9.17, 15) is 18.8 Å². The Morgan fingerprint density at radius 3 is 2.25 bits per heavy atom. The highest BCUT2D eigenvalue weighted by atomic mass is 19.1. The van der Waals surface area contributed by atoms with Gasteiger partial charge in [-0.05, 0) is 60.7 Å². The van der Waals surface area contributed by atoms with Crippen molar-refractivity contribution in [1.82, 2.24) is 0 Å². The summed E-state index contributed by atoms with van der Waals surface area (Å²) in [7, 11) is 0.